The van der Waals surface area contributed by atoms with E-state index in [4.69, 9.17) is 16.3 Å². The Labute approximate surface area is 112 Å². The molecule has 1 heterocycles. The monoisotopic (exact) mass is 265 g/mol. The van der Waals surface area contributed by atoms with E-state index in [1.54, 1.807) is 11.8 Å². The summed E-state index contributed by atoms with van der Waals surface area (Å²) in [6.45, 7) is 0. The van der Waals surface area contributed by atoms with Gasteiger partial charge in [0.2, 0.25) is 0 Å². The third-order valence-electron chi connectivity index (χ3n) is 2.86. The molecule has 0 aliphatic heterocycles. The lowest BCUT2D eigenvalue weighted by atomic mass is 10.0. The van der Waals surface area contributed by atoms with Crippen LogP contribution < -0.4 is 10.1 Å². The number of hydrogen-bond acceptors (Lipinski definition) is 3. The van der Waals surface area contributed by atoms with Crippen molar-refractivity contribution < 1.29 is 4.74 Å². The lowest BCUT2D eigenvalue weighted by Crippen LogP contribution is -2.17. The Bertz CT molecular complexity index is 539. The van der Waals surface area contributed by atoms with Crippen LogP contribution in [0.2, 0.25) is 5.02 Å². The minimum atomic E-state index is 0.0740. The van der Waals surface area contributed by atoms with Crippen molar-refractivity contribution in [3.63, 3.8) is 0 Å². The summed E-state index contributed by atoms with van der Waals surface area (Å²) < 4.78 is 7.03. The summed E-state index contributed by atoms with van der Waals surface area (Å²) in [5.74, 6) is 0.679. The van der Waals surface area contributed by atoms with E-state index >= 15 is 0 Å². The molecule has 5 heteroatoms. The zero-order valence-corrected chi connectivity index (χ0v) is 11.4. The van der Waals surface area contributed by atoms with Gasteiger partial charge in [0, 0.05) is 18.8 Å². The molecule has 4 nitrogen and oxygen atoms in total. The molecule has 1 atom stereocenters. The molecule has 0 amide bonds. The molecule has 0 aliphatic rings. The van der Waals surface area contributed by atoms with Crippen LogP contribution in [0.3, 0.4) is 0 Å². The summed E-state index contributed by atoms with van der Waals surface area (Å²) in [6, 6.07) is 5.84. The van der Waals surface area contributed by atoms with Crippen molar-refractivity contribution in [2.24, 2.45) is 7.05 Å². The maximum Gasteiger partial charge on any atom is 0.137 e. The number of nitrogens with one attached hydrogen (secondary N) is 1. The van der Waals surface area contributed by atoms with Crippen LogP contribution in [-0.2, 0) is 7.05 Å². The quantitative estimate of drug-likeness (QED) is 0.923. The van der Waals surface area contributed by atoms with E-state index in [-0.39, 0.29) is 6.04 Å². The number of halogens is 1. The first-order valence-electron chi connectivity index (χ1n) is 5.65. The Hall–Kier alpha value is -1.52. The maximum atomic E-state index is 6.03. The molecule has 18 heavy (non-hydrogen) atoms. The van der Waals surface area contributed by atoms with Gasteiger partial charge < -0.3 is 10.1 Å². The molecule has 2 aromatic rings. The second kappa shape index (κ2) is 5.42. The van der Waals surface area contributed by atoms with Gasteiger partial charge in [-0.1, -0.05) is 17.7 Å². The number of methoxy groups -OCH3 is 1. The Morgan fingerprint density at radius 2 is 2.17 bits per heavy atom. The van der Waals surface area contributed by atoms with Crippen molar-refractivity contribution in [2.45, 2.75) is 6.04 Å². The van der Waals surface area contributed by atoms with Crippen molar-refractivity contribution in [1.82, 2.24) is 15.1 Å². The third-order valence-corrected chi connectivity index (χ3v) is 3.17. The second-order valence-corrected chi connectivity index (χ2v) is 4.47. The van der Waals surface area contributed by atoms with Crippen molar-refractivity contribution >= 4 is 11.6 Å². The Morgan fingerprint density at radius 3 is 2.72 bits per heavy atom. The molecule has 0 saturated carbocycles. The number of benzene rings is 1. The molecule has 2 rings (SSSR count). The van der Waals surface area contributed by atoms with E-state index in [2.05, 4.69) is 10.4 Å². The number of aromatic nitrogens is 2. The summed E-state index contributed by atoms with van der Waals surface area (Å²) in [5.41, 5.74) is 2.19. The first kappa shape index (κ1) is 12.9. The lowest BCUT2D eigenvalue weighted by molar-refractivity contribution is 0.414. The predicted octanol–water partition coefficient (Wildman–Crippen LogP) is 2.39. The normalized spacial score (nSPS) is 12.4. The number of nitrogens with zero attached hydrogens (tertiary/aromatic N) is 2. The topological polar surface area (TPSA) is 39.1 Å². The van der Waals surface area contributed by atoms with Crippen molar-refractivity contribution in [1.29, 1.82) is 0 Å². The highest BCUT2D eigenvalue weighted by atomic mass is 35.5. The summed E-state index contributed by atoms with van der Waals surface area (Å²) in [6.07, 6.45) is 3.84. The highest BCUT2D eigenvalue weighted by molar-refractivity contribution is 6.32. The molecule has 0 aliphatic carbocycles. The van der Waals surface area contributed by atoms with Gasteiger partial charge in [0.05, 0.1) is 24.4 Å². The zero-order chi connectivity index (χ0) is 13.1. The van der Waals surface area contributed by atoms with Crippen LogP contribution in [0, 0.1) is 0 Å². The van der Waals surface area contributed by atoms with E-state index in [0.717, 1.165) is 11.1 Å². The molecule has 96 valence electrons. The van der Waals surface area contributed by atoms with E-state index in [0.29, 0.717) is 10.8 Å². The minimum absolute atomic E-state index is 0.0740. The van der Waals surface area contributed by atoms with Gasteiger partial charge in [0.25, 0.3) is 0 Å². The SMILES string of the molecule is CNC(c1ccc(Cl)c(OC)c1)c1cnn(C)c1. The van der Waals surface area contributed by atoms with E-state index < -0.39 is 0 Å². The van der Waals surface area contributed by atoms with Crippen LogP contribution in [0.25, 0.3) is 0 Å². The van der Waals surface area contributed by atoms with Gasteiger partial charge >= 0.3 is 0 Å². The summed E-state index contributed by atoms with van der Waals surface area (Å²) in [4.78, 5) is 0. The third kappa shape index (κ3) is 2.49. The zero-order valence-electron chi connectivity index (χ0n) is 10.6. The van der Waals surface area contributed by atoms with Crippen LogP contribution in [0.5, 0.6) is 5.75 Å². The summed E-state index contributed by atoms with van der Waals surface area (Å²) in [5, 5.41) is 8.07. The standard InChI is InChI=1S/C13H16ClN3O/c1-15-13(10-7-16-17(2)8-10)9-4-5-11(14)12(6-9)18-3/h4-8,13,15H,1-3H3. The average Bonchev–Trinajstić information content (AvgIpc) is 2.79. The van der Waals surface area contributed by atoms with Gasteiger partial charge in [-0.15, -0.1) is 0 Å². The van der Waals surface area contributed by atoms with Gasteiger partial charge in [0.1, 0.15) is 5.75 Å². The highest BCUT2D eigenvalue weighted by Gasteiger charge is 2.15. The molecule has 1 N–H and O–H groups in total. The molecule has 0 saturated heterocycles. The molecule has 0 spiro atoms. The summed E-state index contributed by atoms with van der Waals surface area (Å²) in [7, 11) is 5.43. The van der Waals surface area contributed by atoms with Crippen molar-refractivity contribution in [3.05, 3.63) is 46.7 Å². The Morgan fingerprint density at radius 1 is 1.39 bits per heavy atom. The number of rotatable bonds is 4. The average molecular weight is 266 g/mol. The summed E-state index contributed by atoms with van der Waals surface area (Å²) >= 11 is 6.03. The molecule has 0 bridgehead atoms. The van der Waals surface area contributed by atoms with Crippen LogP contribution in [0.4, 0.5) is 0 Å². The molecule has 1 aromatic carbocycles. The van der Waals surface area contributed by atoms with Crippen LogP contribution >= 0.6 is 11.6 Å². The fourth-order valence-corrected chi connectivity index (χ4v) is 2.17. The highest BCUT2D eigenvalue weighted by Crippen LogP contribution is 2.30. The van der Waals surface area contributed by atoms with E-state index in [1.807, 2.05) is 44.7 Å². The number of aryl methyl sites for hydroxylation is 1. The molecule has 1 unspecified atom stereocenters. The molecule has 0 radical (unpaired) electrons. The Balaban J connectivity index is 2.38. The second-order valence-electron chi connectivity index (χ2n) is 4.06. The Kier molecular flexibility index (Phi) is 3.89. The maximum absolute atomic E-state index is 6.03. The largest absolute Gasteiger partial charge is 0.495 e. The molecule has 1 aromatic heterocycles. The van der Waals surface area contributed by atoms with Gasteiger partial charge in [-0.05, 0) is 24.7 Å². The van der Waals surface area contributed by atoms with Gasteiger partial charge in [-0.25, -0.2) is 0 Å². The van der Waals surface area contributed by atoms with Crippen molar-refractivity contribution in [3.8, 4) is 5.75 Å². The van der Waals surface area contributed by atoms with Crippen molar-refractivity contribution in [2.75, 3.05) is 14.2 Å². The first-order valence-corrected chi connectivity index (χ1v) is 6.02. The predicted molar refractivity (Wildman–Crippen MR) is 72.1 cm³/mol. The lowest BCUT2D eigenvalue weighted by Gasteiger charge is -2.16. The van der Waals surface area contributed by atoms with Crippen LogP contribution in [-0.4, -0.2) is 23.9 Å². The first-order chi connectivity index (χ1) is 8.65. The van der Waals surface area contributed by atoms with Gasteiger partial charge in [-0.2, -0.15) is 5.10 Å². The van der Waals surface area contributed by atoms with Gasteiger partial charge in [-0.3, -0.25) is 4.68 Å². The van der Waals surface area contributed by atoms with Crippen LogP contribution in [0.1, 0.15) is 17.2 Å². The number of hydrogen-bond donors (Lipinski definition) is 1. The fraction of sp³-hybridized carbons (Fsp3) is 0.308. The molecule has 0 fully saturated rings. The van der Waals surface area contributed by atoms with E-state index in [1.165, 1.54) is 0 Å². The fourth-order valence-electron chi connectivity index (χ4n) is 1.97. The van der Waals surface area contributed by atoms with Gasteiger partial charge in [0.15, 0.2) is 0 Å². The van der Waals surface area contributed by atoms with E-state index in [9.17, 15) is 0 Å². The smallest absolute Gasteiger partial charge is 0.137 e. The molecular weight excluding hydrogens is 250 g/mol. The molecular formula is C13H16ClN3O. The number of ether oxygens (including phenoxy) is 1. The minimum Gasteiger partial charge on any atom is -0.495 e. The van der Waals surface area contributed by atoms with Crippen LogP contribution in [0.15, 0.2) is 30.6 Å².